The standard InChI is InChI=1S/C31H45N5O4/c1-22(33-3)29(37)34-23(2)30(38)36-18-8-11-26(36)17-20-35(19-16-24-9-6-5-7-10-24)31(39)28(32)21-25-12-14-27(40-4)15-13-25/h5-7,9-10,12-15,22-23,26,28,33H,8,11,16-21,32H2,1-4H3,(H,34,37)/t22-,23?,26-,28+/m0/s1. The molecule has 1 aliphatic heterocycles. The molecule has 1 heterocycles. The Morgan fingerprint density at radius 1 is 1.02 bits per heavy atom. The van der Waals surface area contributed by atoms with Crippen LogP contribution in [0, 0.1) is 0 Å². The van der Waals surface area contributed by atoms with Crippen molar-refractivity contribution in [1.29, 1.82) is 0 Å². The van der Waals surface area contributed by atoms with E-state index in [1.807, 2.05) is 52.3 Å². The Balaban J connectivity index is 1.65. The molecule has 0 saturated carbocycles. The lowest BCUT2D eigenvalue weighted by Gasteiger charge is -2.31. The van der Waals surface area contributed by atoms with Gasteiger partial charge in [-0.3, -0.25) is 14.4 Å². The van der Waals surface area contributed by atoms with E-state index in [2.05, 4.69) is 22.8 Å². The Bertz CT molecular complexity index is 1090. The van der Waals surface area contributed by atoms with Crippen LogP contribution in [-0.2, 0) is 27.2 Å². The molecule has 9 nitrogen and oxygen atoms in total. The summed E-state index contributed by atoms with van der Waals surface area (Å²) in [4.78, 5) is 42.8. The molecule has 0 spiro atoms. The van der Waals surface area contributed by atoms with E-state index in [9.17, 15) is 14.4 Å². The second-order valence-electron chi connectivity index (χ2n) is 10.6. The molecular formula is C31H45N5O4. The van der Waals surface area contributed by atoms with Crippen molar-refractivity contribution in [3.63, 3.8) is 0 Å². The number of amides is 3. The summed E-state index contributed by atoms with van der Waals surface area (Å²) >= 11 is 0. The number of likely N-dealkylation sites (N-methyl/N-ethyl adjacent to an activating group) is 1. The first-order valence-electron chi connectivity index (χ1n) is 14.2. The molecule has 218 valence electrons. The van der Waals surface area contributed by atoms with E-state index in [0.717, 1.165) is 36.1 Å². The minimum Gasteiger partial charge on any atom is -0.497 e. The van der Waals surface area contributed by atoms with E-state index in [0.29, 0.717) is 32.5 Å². The Labute approximate surface area is 238 Å². The first-order chi connectivity index (χ1) is 19.2. The molecule has 3 amide bonds. The lowest BCUT2D eigenvalue weighted by Crippen LogP contribution is -2.52. The van der Waals surface area contributed by atoms with Gasteiger partial charge in [0.25, 0.3) is 0 Å². The number of methoxy groups -OCH3 is 1. The average Bonchev–Trinajstić information content (AvgIpc) is 3.45. The van der Waals surface area contributed by atoms with Crippen LogP contribution in [0.2, 0.25) is 0 Å². The van der Waals surface area contributed by atoms with Crippen LogP contribution in [-0.4, -0.2) is 85.5 Å². The molecule has 0 aromatic heterocycles. The van der Waals surface area contributed by atoms with Crippen LogP contribution in [0.25, 0.3) is 0 Å². The highest BCUT2D eigenvalue weighted by Gasteiger charge is 2.33. The highest BCUT2D eigenvalue weighted by molar-refractivity contribution is 5.89. The maximum atomic E-state index is 13.6. The van der Waals surface area contributed by atoms with Crippen molar-refractivity contribution in [2.75, 3.05) is 33.8 Å². The van der Waals surface area contributed by atoms with Gasteiger partial charge in [0.05, 0.1) is 19.2 Å². The Morgan fingerprint density at radius 2 is 1.73 bits per heavy atom. The summed E-state index contributed by atoms with van der Waals surface area (Å²) in [6.45, 7) is 5.19. The SMILES string of the molecule is CN[C@@H](C)C(=O)NC(C)C(=O)N1CCC[C@H]1CCN(CCc1ccccc1)C(=O)[C@H](N)Cc1ccc(OC)cc1. The van der Waals surface area contributed by atoms with Crippen LogP contribution in [0.4, 0.5) is 0 Å². The summed E-state index contributed by atoms with van der Waals surface area (Å²) in [6.07, 6.45) is 3.59. The Kier molecular flexibility index (Phi) is 12.0. The molecule has 0 aliphatic carbocycles. The second-order valence-corrected chi connectivity index (χ2v) is 10.6. The van der Waals surface area contributed by atoms with E-state index >= 15 is 0 Å². The molecule has 2 aromatic carbocycles. The highest BCUT2D eigenvalue weighted by atomic mass is 16.5. The van der Waals surface area contributed by atoms with Crippen molar-refractivity contribution >= 4 is 17.7 Å². The van der Waals surface area contributed by atoms with Crippen molar-refractivity contribution in [1.82, 2.24) is 20.4 Å². The molecule has 1 fully saturated rings. The molecule has 9 heteroatoms. The first-order valence-corrected chi connectivity index (χ1v) is 14.2. The zero-order valence-corrected chi connectivity index (χ0v) is 24.3. The van der Waals surface area contributed by atoms with Gasteiger partial charge < -0.3 is 30.9 Å². The molecular weight excluding hydrogens is 506 g/mol. The van der Waals surface area contributed by atoms with Crippen molar-refractivity contribution in [2.24, 2.45) is 5.73 Å². The molecule has 2 aromatic rings. The summed E-state index contributed by atoms with van der Waals surface area (Å²) in [5.41, 5.74) is 8.57. The summed E-state index contributed by atoms with van der Waals surface area (Å²) in [5.74, 6) is 0.374. The number of benzene rings is 2. The molecule has 1 aliphatic rings. The van der Waals surface area contributed by atoms with E-state index < -0.39 is 12.1 Å². The first kappa shape index (κ1) is 31.1. The summed E-state index contributed by atoms with van der Waals surface area (Å²) in [5, 5.41) is 5.71. The number of likely N-dealkylation sites (tertiary alicyclic amines) is 1. The molecule has 0 bridgehead atoms. The number of nitrogens with one attached hydrogen (secondary N) is 2. The van der Waals surface area contributed by atoms with Gasteiger partial charge in [-0.2, -0.15) is 0 Å². The van der Waals surface area contributed by atoms with Gasteiger partial charge in [-0.05, 0) is 76.3 Å². The van der Waals surface area contributed by atoms with E-state index in [1.165, 1.54) is 0 Å². The summed E-state index contributed by atoms with van der Waals surface area (Å²) in [7, 11) is 3.33. The van der Waals surface area contributed by atoms with E-state index in [1.54, 1.807) is 28.0 Å². The number of rotatable bonds is 14. The number of ether oxygens (including phenoxy) is 1. The zero-order chi connectivity index (χ0) is 29.1. The third kappa shape index (κ3) is 8.79. The molecule has 0 radical (unpaired) electrons. The molecule has 3 rings (SSSR count). The number of nitrogens with zero attached hydrogens (tertiary/aromatic N) is 2. The van der Waals surface area contributed by atoms with E-state index in [4.69, 9.17) is 10.5 Å². The maximum absolute atomic E-state index is 13.6. The van der Waals surface area contributed by atoms with Crippen LogP contribution < -0.4 is 21.1 Å². The summed E-state index contributed by atoms with van der Waals surface area (Å²) in [6, 6.07) is 16.0. The number of nitrogens with two attached hydrogens (primary N) is 1. The fraction of sp³-hybridized carbons (Fsp3) is 0.516. The topological polar surface area (TPSA) is 117 Å². The number of hydrogen-bond acceptors (Lipinski definition) is 6. The summed E-state index contributed by atoms with van der Waals surface area (Å²) < 4.78 is 5.23. The minimum absolute atomic E-state index is 0.0124. The van der Waals surface area contributed by atoms with Gasteiger partial charge in [0.15, 0.2) is 0 Å². The highest BCUT2D eigenvalue weighted by Crippen LogP contribution is 2.22. The lowest BCUT2D eigenvalue weighted by atomic mass is 10.0. The maximum Gasteiger partial charge on any atom is 0.245 e. The molecule has 4 atom stereocenters. The third-order valence-electron chi connectivity index (χ3n) is 7.70. The van der Waals surface area contributed by atoms with Gasteiger partial charge in [-0.1, -0.05) is 42.5 Å². The van der Waals surface area contributed by atoms with Crippen LogP contribution in [0.1, 0.15) is 44.2 Å². The van der Waals surface area contributed by atoms with Gasteiger partial charge in [0.1, 0.15) is 11.8 Å². The predicted octanol–water partition coefficient (Wildman–Crippen LogP) is 2.13. The number of hydrogen-bond donors (Lipinski definition) is 3. The fourth-order valence-corrected chi connectivity index (χ4v) is 5.09. The zero-order valence-electron chi connectivity index (χ0n) is 24.3. The lowest BCUT2D eigenvalue weighted by molar-refractivity contribution is -0.137. The fourth-order valence-electron chi connectivity index (χ4n) is 5.09. The van der Waals surface area contributed by atoms with Crippen LogP contribution in [0.15, 0.2) is 54.6 Å². The van der Waals surface area contributed by atoms with Crippen molar-refractivity contribution in [3.05, 3.63) is 65.7 Å². The van der Waals surface area contributed by atoms with Crippen molar-refractivity contribution < 1.29 is 19.1 Å². The predicted molar refractivity (Wildman–Crippen MR) is 157 cm³/mol. The third-order valence-corrected chi connectivity index (χ3v) is 7.70. The van der Waals surface area contributed by atoms with Gasteiger partial charge in [-0.15, -0.1) is 0 Å². The monoisotopic (exact) mass is 551 g/mol. The minimum atomic E-state index is -0.671. The largest absolute Gasteiger partial charge is 0.497 e. The van der Waals surface area contributed by atoms with Gasteiger partial charge in [-0.25, -0.2) is 0 Å². The second kappa shape index (κ2) is 15.4. The van der Waals surface area contributed by atoms with Gasteiger partial charge in [0, 0.05) is 25.7 Å². The van der Waals surface area contributed by atoms with Crippen molar-refractivity contribution in [3.8, 4) is 5.75 Å². The van der Waals surface area contributed by atoms with Crippen LogP contribution in [0.5, 0.6) is 5.75 Å². The smallest absolute Gasteiger partial charge is 0.245 e. The average molecular weight is 552 g/mol. The van der Waals surface area contributed by atoms with Crippen molar-refractivity contribution in [2.45, 2.75) is 70.1 Å². The quantitative estimate of drug-likeness (QED) is 0.331. The number of carbonyl (C=O) groups excluding carboxylic acids is 3. The normalized spacial score (nSPS) is 17.1. The van der Waals surface area contributed by atoms with Crippen LogP contribution in [0.3, 0.4) is 0 Å². The Morgan fingerprint density at radius 3 is 2.38 bits per heavy atom. The molecule has 40 heavy (non-hydrogen) atoms. The number of carbonyl (C=O) groups is 3. The van der Waals surface area contributed by atoms with Gasteiger partial charge >= 0.3 is 0 Å². The molecule has 1 unspecified atom stereocenters. The van der Waals surface area contributed by atoms with E-state index in [-0.39, 0.29) is 29.8 Å². The van der Waals surface area contributed by atoms with Gasteiger partial charge in [0.2, 0.25) is 17.7 Å². The molecule has 1 saturated heterocycles. The molecule has 4 N–H and O–H groups in total. The van der Waals surface area contributed by atoms with Crippen LogP contribution >= 0.6 is 0 Å². The Hall–Kier alpha value is -3.43.